The Morgan fingerprint density at radius 2 is 1.92 bits per heavy atom. The van der Waals surface area contributed by atoms with Gasteiger partial charge in [-0.15, -0.1) is 11.3 Å². The Morgan fingerprint density at radius 3 is 2.62 bits per heavy atom. The molecule has 6 heterocycles. The number of benzene rings is 2. The Morgan fingerprint density at radius 1 is 1.10 bits per heavy atom. The van der Waals surface area contributed by atoms with Crippen molar-refractivity contribution in [1.29, 1.82) is 5.26 Å². The predicted molar refractivity (Wildman–Crippen MR) is 179 cm³/mol. The molecule has 15 heteroatoms. The SMILES string of the molecule is COc1nc(N2CCC(c3cccnc3)C2)c2cc(C(F)(F)F)c(-c3ccc(F)c4sc(N)c(C#N)c34)c(F)c2n1.FC1CC2CCCN2C1. The van der Waals surface area contributed by atoms with E-state index in [9.17, 15) is 27.2 Å². The maximum atomic E-state index is 16.5. The van der Waals surface area contributed by atoms with Gasteiger partial charge in [-0.05, 0) is 61.6 Å². The van der Waals surface area contributed by atoms with E-state index in [2.05, 4.69) is 19.9 Å². The van der Waals surface area contributed by atoms with Gasteiger partial charge in [-0.3, -0.25) is 9.88 Å². The Bertz CT molecular complexity index is 2110. The van der Waals surface area contributed by atoms with Gasteiger partial charge in [0.25, 0.3) is 0 Å². The van der Waals surface area contributed by atoms with Crippen molar-refractivity contribution in [3.05, 3.63) is 71.1 Å². The number of hydrogen-bond acceptors (Lipinski definition) is 9. The summed E-state index contributed by atoms with van der Waals surface area (Å²) in [6.45, 7) is 2.71. The summed E-state index contributed by atoms with van der Waals surface area (Å²) >= 11 is 0.705. The number of nitriles is 1. The number of aromatic nitrogens is 3. The van der Waals surface area contributed by atoms with Crippen LogP contribution in [0.25, 0.3) is 32.1 Å². The van der Waals surface area contributed by atoms with E-state index in [0.717, 1.165) is 36.7 Å². The van der Waals surface area contributed by atoms with Crippen LogP contribution in [0.1, 0.15) is 48.3 Å². The predicted octanol–water partition coefficient (Wildman–Crippen LogP) is 7.85. The standard InChI is InChI=1S/C28H19F5N6OS.C7H12FN/c1-40-27-37-23-16(26(38-27)39-8-6-14(12-39)13-3-2-7-36-11-13)9-18(28(31,32)33)21(22(23)30)15-4-5-19(29)24-20(15)17(10-34)25(35)41-24;8-6-4-7-2-1-3-9(7)5-6/h2-5,7,9,11,14H,6,8,12,35H2,1H3;6-7H,1-5H2. The van der Waals surface area contributed by atoms with E-state index in [1.165, 1.54) is 20.0 Å². The van der Waals surface area contributed by atoms with Crippen LogP contribution in [0.3, 0.4) is 0 Å². The number of anilines is 2. The van der Waals surface area contributed by atoms with E-state index < -0.39 is 40.6 Å². The molecule has 3 saturated heterocycles. The van der Waals surface area contributed by atoms with Crippen molar-refractivity contribution in [2.45, 2.75) is 50.0 Å². The number of nitrogen functional groups attached to an aromatic ring is 1. The second-order valence-corrected chi connectivity index (χ2v) is 13.7. The quantitative estimate of drug-likeness (QED) is 0.188. The van der Waals surface area contributed by atoms with Crippen LogP contribution in [0.2, 0.25) is 0 Å². The first kappa shape index (κ1) is 33.8. The van der Waals surface area contributed by atoms with Gasteiger partial charge in [-0.2, -0.15) is 28.4 Å². The maximum absolute atomic E-state index is 16.5. The lowest BCUT2D eigenvalue weighted by Crippen LogP contribution is -2.22. The second-order valence-electron chi connectivity index (χ2n) is 12.6. The van der Waals surface area contributed by atoms with Crippen LogP contribution in [-0.2, 0) is 6.18 Å². The van der Waals surface area contributed by atoms with E-state index in [1.54, 1.807) is 23.4 Å². The third-order valence-electron chi connectivity index (χ3n) is 9.68. The van der Waals surface area contributed by atoms with E-state index in [0.29, 0.717) is 43.4 Å². The first-order valence-electron chi connectivity index (χ1n) is 16.1. The highest BCUT2D eigenvalue weighted by atomic mass is 32.1. The smallest absolute Gasteiger partial charge is 0.417 e. The molecule has 0 amide bonds. The number of methoxy groups -OCH3 is 1. The van der Waals surface area contributed by atoms with Crippen molar-refractivity contribution >= 4 is 43.1 Å². The third kappa shape index (κ3) is 6.04. The van der Waals surface area contributed by atoms with Crippen molar-refractivity contribution in [2.24, 2.45) is 0 Å². The zero-order valence-electron chi connectivity index (χ0n) is 26.8. The minimum absolute atomic E-state index is 0.0341. The summed E-state index contributed by atoms with van der Waals surface area (Å²) in [5.74, 6) is -1.97. The summed E-state index contributed by atoms with van der Waals surface area (Å²) in [5.41, 5.74) is 3.70. The number of pyridine rings is 1. The molecule has 8 nitrogen and oxygen atoms in total. The number of alkyl halides is 4. The molecule has 2 aromatic carbocycles. The molecule has 0 radical (unpaired) electrons. The highest BCUT2D eigenvalue weighted by Crippen LogP contribution is 2.48. The summed E-state index contributed by atoms with van der Waals surface area (Å²) in [5, 5.41) is 9.22. The number of rotatable bonds is 4. The number of nitrogens with zero attached hydrogens (tertiary/aromatic N) is 6. The van der Waals surface area contributed by atoms with Gasteiger partial charge < -0.3 is 15.4 Å². The van der Waals surface area contributed by atoms with Gasteiger partial charge in [-0.1, -0.05) is 12.1 Å². The van der Waals surface area contributed by atoms with Crippen LogP contribution in [0.5, 0.6) is 6.01 Å². The summed E-state index contributed by atoms with van der Waals surface area (Å²) in [6, 6.07) is 8.66. The largest absolute Gasteiger partial charge is 0.467 e. The molecule has 3 aliphatic rings. The number of hydrogen-bond donors (Lipinski definition) is 1. The Kier molecular flexibility index (Phi) is 8.94. The van der Waals surface area contributed by atoms with E-state index in [4.69, 9.17) is 10.5 Å². The average molecular weight is 712 g/mol. The Labute approximate surface area is 287 Å². The highest BCUT2D eigenvalue weighted by molar-refractivity contribution is 7.23. The van der Waals surface area contributed by atoms with Gasteiger partial charge in [0.15, 0.2) is 5.82 Å². The van der Waals surface area contributed by atoms with Gasteiger partial charge in [0.05, 0.1) is 22.9 Å². The fourth-order valence-electron chi connectivity index (χ4n) is 7.39. The highest BCUT2D eigenvalue weighted by Gasteiger charge is 2.39. The molecule has 3 unspecified atom stereocenters. The molecule has 0 spiro atoms. The van der Waals surface area contributed by atoms with Gasteiger partial charge >= 0.3 is 12.2 Å². The topological polar surface area (TPSA) is 104 Å². The molecule has 8 rings (SSSR count). The molecular formula is C35H31F6N7OS. The molecule has 3 fully saturated rings. The average Bonchev–Trinajstić information content (AvgIpc) is 3.89. The lowest BCUT2D eigenvalue weighted by Gasteiger charge is -2.22. The molecule has 3 atom stereocenters. The van der Waals surface area contributed by atoms with Gasteiger partial charge in [0, 0.05) is 60.3 Å². The molecule has 2 N–H and O–H groups in total. The number of halogens is 6. The summed E-state index contributed by atoms with van der Waals surface area (Å²) in [4.78, 5) is 16.6. The van der Waals surface area contributed by atoms with Crippen molar-refractivity contribution in [1.82, 2.24) is 19.9 Å². The molecule has 0 saturated carbocycles. The van der Waals surface area contributed by atoms with Crippen molar-refractivity contribution in [3.63, 3.8) is 0 Å². The Hall–Kier alpha value is -4.68. The van der Waals surface area contributed by atoms with E-state index in [1.807, 2.05) is 12.1 Å². The molecule has 260 valence electrons. The Balaban J connectivity index is 0.000000375. The van der Waals surface area contributed by atoms with Crippen LogP contribution in [0.15, 0.2) is 42.7 Å². The minimum Gasteiger partial charge on any atom is -0.467 e. The molecular weight excluding hydrogens is 680 g/mol. The van der Waals surface area contributed by atoms with E-state index >= 15 is 4.39 Å². The number of nitrogens with two attached hydrogens (primary N) is 1. The van der Waals surface area contributed by atoms with Crippen LogP contribution in [0.4, 0.5) is 37.2 Å². The summed E-state index contributed by atoms with van der Waals surface area (Å²) in [7, 11) is 1.27. The van der Waals surface area contributed by atoms with Crippen LogP contribution in [0, 0.1) is 23.0 Å². The second kappa shape index (κ2) is 13.2. The lowest BCUT2D eigenvalue weighted by atomic mass is 9.92. The fraction of sp³-hybridized carbons (Fsp3) is 0.371. The number of fused-ring (bicyclic) bond motifs is 3. The number of ether oxygens (including phenoxy) is 1. The molecule has 5 aromatic rings. The molecule has 3 aliphatic heterocycles. The van der Waals surface area contributed by atoms with Crippen molar-refractivity contribution in [3.8, 4) is 23.2 Å². The fourth-order valence-corrected chi connectivity index (χ4v) is 8.34. The van der Waals surface area contributed by atoms with Crippen LogP contribution in [-0.4, -0.2) is 65.4 Å². The van der Waals surface area contributed by atoms with Gasteiger partial charge in [0.2, 0.25) is 0 Å². The maximum Gasteiger partial charge on any atom is 0.417 e. The normalized spacial score (nSPS) is 20.6. The first-order valence-corrected chi connectivity index (χ1v) is 16.9. The third-order valence-corrected chi connectivity index (χ3v) is 10.7. The monoisotopic (exact) mass is 711 g/mol. The van der Waals surface area contributed by atoms with Crippen molar-refractivity contribution < 1.29 is 31.1 Å². The molecule has 0 aliphatic carbocycles. The van der Waals surface area contributed by atoms with Crippen molar-refractivity contribution in [2.75, 3.05) is 43.9 Å². The molecule has 3 aromatic heterocycles. The molecule has 50 heavy (non-hydrogen) atoms. The van der Waals surface area contributed by atoms with Crippen LogP contribution < -0.4 is 15.4 Å². The first-order chi connectivity index (χ1) is 24.0. The zero-order valence-corrected chi connectivity index (χ0v) is 27.6. The minimum atomic E-state index is -5.03. The summed E-state index contributed by atoms with van der Waals surface area (Å²) in [6.07, 6.45) is 1.84. The van der Waals surface area contributed by atoms with Gasteiger partial charge in [0.1, 0.15) is 34.4 Å². The van der Waals surface area contributed by atoms with E-state index in [-0.39, 0.29) is 49.3 Å². The zero-order chi connectivity index (χ0) is 35.3. The summed E-state index contributed by atoms with van der Waals surface area (Å²) < 4.78 is 92.7. The number of thiophene rings is 1. The van der Waals surface area contributed by atoms with Gasteiger partial charge in [-0.25, -0.2) is 13.2 Å². The molecule has 0 bridgehead atoms. The lowest BCUT2D eigenvalue weighted by molar-refractivity contribution is -0.137. The van der Waals surface area contributed by atoms with Crippen LogP contribution >= 0.6 is 11.3 Å².